The van der Waals surface area contributed by atoms with Crippen molar-refractivity contribution in [2.45, 2.75) is 25.3 Å². The van der Waals surface area contributed by atoms with E-state index in [9.17, 15) is 33.0 Å². The summed E-state index contributed by atoms with van der Waals surface area (Å²) in [6, 6.07) is 1.81. The van der Waals surface area contributed by atoms with Crippen molar-refractivity contribution in [3.8, 4) is 0 Å². The second kappa shape index (κ2) is 6.75. The van der Waals surface area contributed by atoms with E-state index in [-0.39, 0.29) is 0 Å². The lowest BCUT2D eigenvalue weighted by atomic mass is 9.98. The van der Waals surface area contributed by atoms with E-state index in [0.717, 1.165) is 13.0 Å². The highest BCUT2D eigenvalue weighted by atomic mass is 19.4. The molecule has 1 aromatic rings. The zero-order valence-electron chi connectivity index (χ0n) is 11.4. The summed E-state index contributed by atoms with van der Waals surface area (Å²) in [5, 5.41) is 30.5. The molecule has 1 rings (SSSR count). The maximum Gasteiger partial charge on any atom is 0.416 e. The third-order valence-corrected chi connectivity index (χ3v) is 2.80. The van der Waals surface area contributed by atoms with Crippen LogP contribution in [0.25, 0.3) is 0 Å². The number of alkyl halides is 3. The van der Waals surface area contributed by atoms with Gasteiger partial charge in [0.15, 0.2) is 0 Å². The molecule has 0 fully saturated rings. The number of hydrogen-bond donors (Lipinski definition) is 4. The van der Waals surface area contributed by atoms with Crippen LogP contribution in [-0.4, -0.2) is 39.8 Å². The number of rotatable bonds is 5. The minimum absolute atomic E-state index is 0.394. The fourth-order valence-corrected chi connectivity index (χ4v) is 1.69. The molecule has 0 bridgehead atoms. The zero-order valence-corrected chi connectivity index (χ0v) is 11.4. The Balaban J connectivity index is 3.14. The Bertz CT molecular complexity index is 573. The summed E-state index contributed by atoms with van der Waals surface area (Å²) in [4.78, 5) is 21.6. The molecule has 1 aromatic carbocycles. The molecule has 0 spiro atoms. The third kappa shape index (κ3) is 4.71. The van der Waals surface area contributed by atoms with Crippen LogP contribution < -0.4 is 5.32 Å². The maximum atomic E-state index is 12.7. The number of carboxylic acids is 1. The molecule has 0 heterocycles. The first-order valence-corrected chi connectivity index (χ1v) is 6.08. The molecular weight excluding hydrogens is 307 g/mol. The highest BCUT2D eigenvalue weighted by Crippen LogP contribution is 2.32. The van der Waals surface area contributed by atoms with Gasteiger partial charge in [0.25, 0.3) is 0 Å². The van der Waals surface area contributed by atoms with Crippen LogP contribution in [0.5, 0.6) is 0 Å². The Morgan fingerprint density at radius 1 is 1.23 bits per heavy atom. The van der Waals surface area contributed by atoms with Crippen LogP contribution in [0.4, 0.5) is 13.2 Å². The van der Waals surface area contributed by atoms with E-state index in [4.69, 9.17) is 5.11 Å². The van der Waals surface area contributed by atoms with Crippen molar-refractivity contribution in [1.82, 2.24) is 5.32 Å². The summed E-state index contributed by atoms with van der Waals surface area (Å²) in [6.07, 6.45) is -8.18. The molecule has 2 atom stereocenters. The largest absolute Gasteiger partial charge is 0.478 e. The monoisotopic (exact) mass is 321 g/mol. The van der Waals surface area contributed by atoms with Crippen LogP contribution in [0.2, 0.25) is 0 Å². The van der Waals surface area contributed by atoms with E-state index in [1.165, 1.54) is 0 Å². The highest BCUT2D eigenvalue weighted by Gasteiger charge is 2.33. The molecule has 0 aliphatic heterocycles. The Morgan fingerprint density at radius 3 is 2.27 bits per heavy atom. The van der Waals surface area contributed by atoms with Gasteiger partial charge in [0.05, 0.1) is 11.1 Å². The summed E-state index contributed by atoms with van der Waals surface area (Å²) >= 11 is 0. The number of aliphatic hydroxyl groups excluding tert-OH is 2. The lowest BCUT2D eigenvalue weighted by Crippen LogP contribution is -2.34. The maximum absolute atomic E-state index is 12.7. The summed E-state index contributed by atoms with van der Waals surface area (Å²) in [6.45, 7) is 0.765. The number of benzene rings is 1. The van der Waals surface area contributed by atoms with Crippen LogP contribution in [-0.2, 0) is 11.0 Å². The van der Waals surface area contributed by atoms with E-state index >= 15 is 0 Å². The number of halogens is 3. The lowest BCUT2D eigenvalue weighted by Gasteiger charge is -2.20. The van der Waals surface area contributed by atoms with Crippen molar-refractivity contribution >= 4 is 11.9 Å². The number of carbonyl (C=O) groups excluding carboxylic acids is 1. The Kier molecular flexibility index (Phi) is 5.50. The van der Waals surface area contributed by atoms with Crippen molar-refractivity contribution in [2.75, 3.05) is 6.54 Å². The number of hydrogen-bond acceptors (Lipinski definition) is 4. The Hall–Kier alpha value is -2.13. The first-order valence-electron chi connectivity index (χ1n) is 6.08. The van der Waals surface area contributed by atoms with Crippen LogP contribution in [0.3, 0.4) is 0 Å². The zero-order chi connectivity index (χ0) is 17.1. The number of carboxylic acid groups (broad SMARTS) is 1. The molecule has 0 aliphatic rings. The van der Waals surface area contributed by atoms with E-state index in [0.29, 0.717) is 12.1 Å². The number of aliphatic hydroxyl groups is 2. The van der Waals surface area contributed by atoms with Crippen molar-refractivity contribution in [1.29, 1.82) is 0 Å². The molecule has 4 N–H and O–H groups in total. The second-order valence-corrected chi connectivity index (χ2v) is 4.60. The molecule has 0 saturated carbocycles. The standard InChI is InChI=1S/C13H14F3NO5/c1-6(18)17-5-10(19)11(20)7-2-8(12(21)22)4-9(3-7)13(14,15)16/h2-4,10-11,19-20H,5H2,1H3,(H,17,18)(H,21,22). The van der Waals surface area contributed by atoms with Crippen LogP contribution >= 0.6 is 0 Å². The van der Waals surface area contributed by atoms with Crippen molar-refractivity contribution in [3.63, 3.8) is 0 Å². The molecule has 6 nitrogen and oxygen atoms in total. The summed E-state index contributed by atoms with van der Waals surface area (Å²) in [7, 11) is 0. The fourth-order valence-electron chi connectivity index (χ4n) is 1.69. The van der Waals surface area contributed by atoms with Gasteiger partial charge in [0.1, 0.15) is 12.2 Å². The number of aromatic carboxylic acids is 1. The molecule has 0 aromatic heterocycles. The average Bonchev–Trinajstić information content (AvgIpc) is 2.42. The van der Waals surface area contributed by atoms with Gasteiger partial charge < -0.3 is 20.6 Å². The topological polar surface area (TPSA) is 107 Å². The molecule has 122 valence electrons. The lowest BCUT2D eigenvalue weighted by molar-refractivity contribution is -0.137. The van der Waals surface area contributed by atoms with Crippen LogP contribution in [0.15, 0.2) is 18.2 Å². The first kappa shape index (κ1) is 17.9. The van der Waals surface area contributed by atoms with Gasteiger partial charge in [0.2, 0.25) is 5.91 Å². The quantitative estimate of drug-likeness (QED) is 0.645. The van der Waals surface area contributed by atoms with Gasteiger partial charge in [-0.1, -0.05) is 0 Å². The molecular formula is C13H14F3NO5. The average molecular weight is 321 g/mol. The smallest absolute Gasteiger partial charge is 0.416 e. The van der Waals surface area contributed by atoms with Crippen LogP contribution in [0, 0.1) is 0 Å². The third-order valence-electron chi connectivity index (χ3n) is 2.80. The van der Waals surface area contributed by atoms with Gasteiger partial charge in [-0.25, -0.2) is 4.79 Å². The number of amides is 1. The summed E-state index contributed by atoms with van der Waals surface area (Å²) < 4.78 is 38.2. The molecule has 2 unspecified atom stereocenters. The normalized spacial score (nSPS) is 14.3. The molecule has 0 saturated heterocycles. The van der Waals surface area contributed by atoms with Gasteiger partial charge in [-0.15, -0.1) is 0 Å². The Morgan fingerprint density at radius 2 is 1.82 bits per heavy atom. The van der Waals surface area contributed by atoms with Crippen molar-refractivity contribution in [2.24, 2.45) is 0 Å². The number of carbonyl (C=O) groups is 2. The minimum Gasteiger partial charge on any atom is -0.478 e. The predicted octanol–water partition coefficient (Wildman–Crippen LogP) is 0.934. The molecule has 0 radical (unpaired) electrons. The molecule has 1 amide bonds. The first-order chi connectivity index (χ1) is 10.0. The highest BCUT2D eigenvalue weighted by molar-refractivity contribution is 5.88. The SMILES string of the molecule is CC(=O)NCC(O)C(O)c1cc(C(=O)O)cc(C(F)(F)F)c1. The molecule has 9 heteroatoms. The van der Waals surface area contributed by atoms with E-state index < -0.39 is 53.5 Å². The molecule has 22 heavy (non-hydrogen) atoms. The molecule has 0 aliphatic carbocycles. The van der Waals surface area contributed by atoms with Crippen molar-refractivity contribution < 1.29 is 38.1 Å². The Labute approximate surface area is 123 Å². The van der Waals surface area contributed by atoms with E-state index in [1.54, 1.807) is 0 Å². The van der Waals surface area contributed by atoms with Gasteiger partial charge in [0, 0.05) is 13.5 Å². The van der Waals surface area contributed by atoms with E-state index in [2.05, 4.69) is 5.32 Å². The van der Waals surface area contributed by atoms with Crippen molar-refractivity contribution in [3.05, 3.63) is 34.9 Å². The summed E-state index contributed by atoms with van der Waals surface area (Å²) in [5.41, 5.74) is -2.34. The minimum atomic E-state index is -4.80. The number of nitrogens with one attached hydrogen (secondary N) is 1. The van der Waals surface area contributed by atoms with Gasteiger partial charge in [-0.05, 0) is 23.8 Å². The van der Waals surface area contributed by atoms with Gasteiger partial charge in [-0.2, -0.15) is 13.2 Å². The predicted molar refractivity (Wildman–Crippen MR) is 68.1 cm³/mol. The van der Waals surface area contributed by atoms with Crippen LogP contribution in [0.1, 0.15) is 34.5 Å². The fraction of sp³-hybridized carbons (Fsp3) is 0.385. The summed E-state index contributed by atoms with van der Waals surface area (Å²) in [5.74, 6) is -2.10. The second-order valence-electron chi connectivity index (χ2n) is 4.60. The van der Waals surface area contributed by atoms with Gasteiger partial charge >= 0.3 is 12.1 Å². The van der Waals surface area contributed by atoms with E-state index in [1.807, 2.05) is 0 Å². The van der Waals surface area contributed by atoms with Gasteiger partial charge in [-0.3, -0.25) is 4.79 Å².